The second-order valence-electron chi connectivity index (χ2n) is 5.30. The summed E-state index contributed by atoms with van der Waals surface area (Å²) in [7, 11) is 0. The number of fused-ring (bicyclic) bond motifs is 2. The minimum Gasteiger partial charge on any atom is -0.337 e. The molecule has 0 atom stereocenters. The third kappa shape index (κ3) is 3.07. The largest absolute Gasteiger partial charge is 0.337 e. The van der Waals surface area contributed by atoms with E-state index < -0.39 is 0 Å². The molecule has 1 amide bonds. The summed E-state index contributed by atoms with van der Waals surface area (Å²) in [6.45, 7) is 1.33. The summed E-state index contributed by atoms with van der Waals surface area (Å²) in [4.78, 5) is 27.2. The number of carbonyl (C=O) groups excluding carboxylic acids is 1. The number of rotatable bonds is 3. The first-order chi connectivity index (χ1) is 11.3. The topological polar surface area (TPSA) is 59.0 Å². The van der Waals surface area contributed by atoms with E-state index in [-0.39, 0.29) is 5.91 Å². The normalized spacial score (nSPS) is 14.0. The van der Waals surface area contributed by atoms with E-state index in [0.29, 0.717) is 12.3 Å². The van der Waals surface area contributed by atoms with Crippen LogP contribution in [0.2, 0.25) is 0 Å². The van der Waals surface area contributed by atoms with Crippen molar-refractivity contribution in [1.29, 1.82) is 0 Å². The molecule has 4 rings (SSSR count). The van der Waals surface area contributed by atoms with Crippen molar-refractivity contribution in [2.24, 2.45) is 0 Å². The molecule has 1 aliphatic rings. The van der Waals surface area contributed by atoms with E-state index in [0.717, 1.165) is 38.8 Å². The van der Waals surface area contributed by atoms with Gasteiger partial charge in [-0.25, -0.2) is 15.0 Å². The molecule has 0 N–H and O–H groups in total. The van der Waals surface area contributed by atoms with E-state index in [4.69, 9.17) is 0 Å². The predicted molar refractivity (Wildman–Crippen MR) is 91.5 cm³/mol. The second-order valence-corrected chi connectivity index (χ2v) is 7.55. The molecule has 0 saturated heterocycles. The summed E-state index contributed by atoms with van der Waals surface area (Å²) in [6, 6.07) is 8.04. The fraction of sp³-hybridized carbons (Fsp3) is 0.250. The van der Waals surface area contributed by atoms with Gasteiger partial charge < -0.3 is 4.90 Å². The molecule has 0 spiro atoms. The summed E-state index contributed by atoms with van der Waals surface area (Å²) < 4.78 is 2.10. The van der Waals surface area contributed by atoms with Gasteiger partial charge in [-0.2, -0.15) is 0 Å². The Hall–Kier alpha value is -1.99. The van der Waals surface area contributed by atoms with Crippen molar-refractivity contribution in [3.8, 4) is 0 Å². The lowest BCUT2D eigenvalue weighted by Gasteiger charge is -2.27. The van der Waals surface area contributed by atoms with Gasteiger partial charge in [-0.1, -0.05) is 23.9 Å². The lowest BCUT2D eigenvalue weighted by atomic mass is 10.1. The Morgan fingerprint density at radius 1 is 1.35 bits per heavy atom. The maximum Gasteiger partial charge on any atom is 0.233 e. The minimum atomic E-state index is 0.142. The molecule has 0 fully saturated rings. The van der Waals surface area contributed by atoms with Gasteiger partial charge in [-0.3, -0.25) is 4.79 Å². The quantitative estimate of drug-likeness (QED) is 0.685. The van der Waals surface area contributed by atoms with Gasteiger partial charge in [-0.05, 0) is 12.1 Å². The van der Waals surface area contributed by atoms with Crippen LogP contribution in [0.4, 0.5) is 0 Å². The Bertz CT molecular complexity index is 831. The molecule has 1 aliphatic heterocycles. The number of nitrogens with zero attached hydrogens (tertiary/aromatic N) is 4. The maximum atomic E-state index is 12.4. The molecule has 7 heteroatoms. The number of benzene rings is 1. The van der Waals surface area contributed by atoms with E-state index in [9.17, 15) is 4.79 Å². The standard InChI is InChI=1S/C16H14N4OS2/c21-15(20-6-5-12-11(8-20)7-17-10-18-12)9-22-16-19-13-3-1-2-4-14(13)23-16/h1-4,7,10H,5-6,8-9H2. The van der Waals surface area contributed by atoms with E-state index in [2.05, 4.69) is 21.0 Å². The maximum absolute atomic E-state index is 12.4. The van der Waals surface area contributed by atoms with Gasteiger partial charge in [0.25, 0.3) is 0 Å². The van der Waals surface area contributed by atoms with Gasteiger partial charge in [0.2, 0.25) is 5.91 Å². The van der Waals surface area contributed by atoms with E-state index >= 15 is 0 Å². The molecule has 3 heterocycles. The lowest BCUT2D eigenvalue weighted by molar-refractivity contribution is -0.129. The van der Waals surface area contributed by atoms with Crippen LogP contribution in [0.25, 0.3) is 10.2 Å². The number of hydrogen-bond donors (Lipinski definition) is 0. The molecule has 0 aliphatic carbocycles. The number of hydrogen-bond acceptors (Lipinski definition) is 6. The summed E-state index contributed by atoms with van der Waals surface area (Å²) in [5, 5.41) is 0. The number of aromatic nitrogens is 3. The molecule has 0 saturated carbocycles. The second kappa shape index (κ2) is 6.25. The van der Waals surface area contributed by atoms with Crippen LogP contribution in [0.3, 0.4) is 0 Å². The fourth-order valence-electron chi connectivity index (χ4n) is 2.61. The lowest BCUT2D eigenvalue weighted by Crippen LogP contribution is -2.37. The van der Waals surface area contributed by atoms with Gasteiger partial charge >= 0.3 is 0 Å². The van der Waals surface area contributed by atoms with Gasteiger partial charge in [0.15, 0.2) is 4.34 Å². The molecule has 1 aromatic carbocycles. The molecule has 0 radical (unpaired) electrons. The summed E-state index contributed by atoms with van der Waals surface area (Å²) >= 11 is 3.15. The highest BCUT2D eigenvalue weighted by molar-refractivity contribution is 8.01. The zero-order valence-electron chi connectivity index (χ0n) is 12.3. The molecule has 2 aromatic heterocycles. The van der Waals surface area contributed by atoms with Crippen LogP contribution < -0.4 is 0 Å². The van der Waals surface area contributed by atoms with Gasteiger partial charge in [0.1, 0.15) is 6.33 Å². The van der Waals surface area contributed by atoms with E-state index in [1.54, 1.807) is 17.7 Å². The SMILES string of the molecule is O=C(CSc1nc2ccccc2s1)N1CCc2ncncc2C1. The highest BCUT2D eigenvalue weighted by Crippen LogP contribution is 2.29. The zero-order chi connectivity index (χ0) is 15.6. The molecule has 23 heavy (non-hydrogen) atoms. The van der Waals surface area contributed by atoms with Crippen molar-refractivity contribution in [3.05, 3.63) is 48.0 Å². The Balaban J connectivity index is 1.40. The molecule has 116 valence electrons. The Morgan fingerprint density at radius 2 is 2.26 bits per heavy atom. The molecule has 3 aromatic rings. The van der Waals surface area contributed by atoms with Crippen LogP contribution in [0.1, 0.15) is 11.3 Å². The summed E-state index contributed by atoms with van der Waals surface area (Å²) in [6.07, 6.45) is 4.18. The number of carbonyl (C=O) groups is 1. The van der Waals surface area contributed by atoms with Gasteiger partial charge in [0, 0.05) is 31.3 Å². The van der Waals surface area contributed by atoms with E-state index in [1.165, 1.54) is 11.8 Å². The van der Waals surface area contributed by atoms with Crippen molar-refractivity contribution in [2.75, 3.05) is 12.3 Å². The molecule has 0 unspecified atom stereocenters. The minimum absolute atomic E-state index is 0.142. The van der Waals surface area contributed by atoms with Crippen LogP contribution in [0, 0.1) is 0 Å². The smallest absolute Gasteiger partial charge is 0.233 e. The summed E-state index contributed by atoms with van der Waals surface area (Å²) in [5.74, 6) is 0.562. The first-order valence-corrected chi connectivity index (χ1v) is 9.14. The first-order valence-electron chi connectivity index (χ1n) is 7.33. The number of thioether (sulfide) groups is 1. The third-order valence-corrected chi connectivity index (χ3v) is 5.97. The molecular weight excluding hydrogens is 328 g/mol. The molecule has 5 nitrogen and oxygen atoms in total. The fourth-order valence-corrected chi connectivity index (χ4v) is 4.58. The Morgan fingerprint density at radius 3 is 3.17 bits per heavy atom. The van der Waals surface area contributed by atoms with Crippen molar-refractivity contribution in [1.82, 2.24) is 19.9 Å². The number of thiazole rings is 1. The third-order valence-electron chi connectivity index (χ3n) is 3.81. The summed E-state index contributed by atoms with van der Waals surface area (Å²) in [5.41, 5.74) is 3.11. The van der Waals surface area contributed by atoms with Crippen LogP contribution >= 0.6 is 23.1 Å². The average molecular weight is 342 g/mol. The highest BCUT2D eigenvalue weighted by atomic mass is 32.2. The van der Waals surface area contributed by atoms with Crippen LogP contribution in [-0.2, 0) is 17.8 Å². The highest BCUT2D eigenvalue weighted by Gasteiger charge is 2.21. The predicted octanol–water partition coefficient (Wildman–Crippen LogP) is 2.76. The van der Waals surface area contributed by atoms with Crippen molar-refractivity contribution in [2.45, 2.75) is 17.3 Å². The van der Waals surface area contributed by atoms with E-state index in [1.807, 2.05) is 29.3 Å². The monoisotopic (exact) mass is 342 g/mol. The number of amides is 1. The first kappa shape index (κ1) is 14.6. The van der Waals surface area contributed by atoms with Gasteiger partial charge in [0.05, 0.1) is 21.7 Å². The van der Waals surface area contributed by atoms with Crippen LogP contribution in [-0.4, -0.2) is 38.1 Å². The van der Waals surface area contributed by atoms with Crippen LogP contribution in [0.15, 0.2) is 41.1 Å². The molecule has 0 bridgehead atoms. The van der Waals surface area contributed by atoms with Crippen molar-refractivity contribution < 1.29 is 4.79 Å². The Kier molecular flexibility index (Phi) is 3.97. The number of para-hydroxylation sites is 1. The average Bonchev–Trinajstić information content (AvgIpc) is 3.02. The van der Waals surface area contributed by atoms with Crippen molar-refractivity contribution >= 4 is 39.2 Å². The van der Waals surface area contributed by atoms with Crippen LogP contribution in [0.5, 0.6) is 0 Å². The van der Waals surface area contributed by atoms with Gasteiger partial charge in [-0.15, -0.1) is 11.3 Å². The Labute approximate surface area is 141 Å². The zero-order valence-corrected chi connectivity index (χ0v) is 13.9. The molecular formula is C16H14N4OS2. The van der Waals surface area contributed by atoms with Crippen molar-refractivity contribution in [3.63, 3.8) is 0 Å².